The normalized spacial score (nSPS) is 12.2. The maximum atomic E-state index is 11.4. The fraction of sp³-hybridized carbons (Fsp3) is 0.417. The van der Waals surface area contributed by atoms with Crippen molar-refractivity contribution < 1.29 is 9.53 Å². The monoisotopic (exact) mass is 207 g/mol. The molecule has 0 saturated carbocycles. The van der Waals surface area contributed by atoms with Gasteiger partial charge in [-0.2, -0.15) is 0 Å². The summed E-state index contributed by atoms with van der Waals surface area (Å²) in [7, 11) is 0. The average Bonchev–Trinajstić information content (AvgIpc) is 2.28. The molecule has 0 amide bonds. The summed E-state index contributed by atoms with van der Waals surface area (Å²) < 4.78 is 4.85. The van der Waals surface area contributed by atoms with Crippen molar-refractivity contribution in [2.24, 2.45) is 5.73 Å². The minimum absolute atomic E-state index is 0.361. The largest absolute Gasteiger partial charge is 0.465 e. The predicted molar refractivity (Wildman–Crippen MR) is 59.4 cm³/mol. The van der Waals surface area contributed by atoms with Crippen LogP contribution in [-0.2, 0) is 16.0 Å². The fourth-order valence-corrected chi connectivity index (χ4v) is 1.33. The molecule has 0 radical (unpaired) electrons. The Bertz CT molecular complexity index is 319. The molecule has 0 saturated heterocycles. The van der Waals surface area contributed by atoms with E-state index in [2.05, 4.69) is 6.92 Å². The summed E-state index contributed by atoms with van der Waals surface area (Å²) in [6, 6.07) is 7.04. The lowest BCUT2D eigenvalue weighted by Crippen LogP contribution is -2.23. The highest BCUT2D eigenvalue weighted by atomic mass is 16.5. The van der Waals surface area contributed by atoms with Crippen LogP contribution in [0.25, 0.3) is 0 Å². The molecule has 0 aliphatic carbocycles. The van der Waals surface area contributed by atoms with Crippen molar-refractivity contribution in [3.8, 4) is 0 Å². The standard InChI is InChI=1S/C12H17NO2/c1-3-9-5-7-10(8-6-9)11(13)12(14)15-4-2/h5-8,11H,3-4,13H2,1-2H3. The Hall–Kier alpha value is -1.35. The third-order valence-corrected chi connectivity index (χ3v) is 2.29. The number of hydrogen-bond acceptors (Lipinski definition) is 3. The lowest BCUT2D eigenvalue weighted by molar-refractivity contribution is -0.144. The number of aryl methyl sites for hydroxylation is 1. The molecule has 1 aromatic carbocycles. The Balaban J connectivity index is 2.73. The van der Waals surface area contributed by atoms with Gasteiger partial charge in [0.25, 0.3) is 0 Å². The minimum Gasteiger partial charge on any atom is -0.465 e. The second-order valence-corrected chi connectivity index (χ2v) is 3.32. The second-order valence-electron chi connectivity index (χ2n) is 3.32. The van der Waals surface area contributed by atoms with Crippen molar-refractivity contribution in [3.05, 3.63) is 35.4 Å². The van der Waals surface area contributed by atoms with Gasteiger partial charge in [-0.1, -0.05) is 31.2 Å². The van der Waals surface area contributed by atoms with E-state index in [1.807, 2.05) is 24.3 Å². The summed E-state index contributed by atoms with van der Waals surface area (Å²) in [5.74, 6) is -0.373. The Labute approximate surface area is 90.2 Å². The van der Waals surface area contributed by atoms with Crippen LogP contribution in [0, 0.1) is 0 Å². The zero-order valence-corrected chi connectivity index (χ0v) is 9.19. The topological polar surface area (TPSA) is 52.3 Å². The van der Waals surface area contributed by atoms with E-state index in [1.54, 1.807) is 6.92 Å². The fourth-order valence-electron chi connectivity index (χ4n) is 1.33. The highest BCUT2D eigenvalue weighted by molar-refractivity contribution is 5.77. The van der Waals surface area contributed by atoms with Gasteiger partial charge in [0.15, 0.2) is 0 Å². The molecule has 3 heteroatoms. The molecule has 0 bridgehead atoms. The van der Waals surface area contributed by atoms with Crippen LogP contribution in [0.2, 0.25) is 0 Å². The van der Waals surface area contributed by atoms with E-state index in [1.165, 1.54) is 5.56 Å². The molecule has 1 unspecified atom stereocenters. The highest BCUT2D eigenvalue weighted by Gasteiger charge is 2.16. The van der Waals surface area contributed by atoms with Crippen molar-refractivity contribution in [1.82, 2.24) is 0 Å². The van der Waals surface area contributed by atoms with Crippen LogP contribution in [0.5, 0.6) is 0 Å². The average molecular weight is 207 g/mol. The third kappa shape index (κ3) is 3.06. The van der Waals surface area contributed by atoms with Crippen LogP contribution in [-0.4, -0.2) is 12.6 Å². The first-order chi connectivity index (χ1) is 7.19. The lowest BCUT2D eigenvalue weighted by Gasteiger charge is -2.11. The number of hydrogen-bond donors (Lipinski definition) is 1. The van der Waals surface area contributed by atoms with Gasteiger partial charge in [0.2, 0.25) is 0 Å². The number of rotatable bonds is 4. The number of benzene rings is 1. The van der Waals surface area contributed by atoms with Crippen molar-refractivity contribution in [1.29, 1.82) is 0 Å². The zero-order valence-electron chi connectivity index (χ0n) is 9.19. The van der Waals surface area contributed by atoms with Crippen LogP contribution in [0.3, 0.4) is 0 Å². The van der Waals surface area contributed by atoms with Crippen molar-refractivity contribution in [2.75, 3.05) is 6.61 Å². The van der Waals surface area contributed by atoms with E-state index >= 15 is 0 Å². The summed E-state index contributed by atoms with van der Waals surface area (Å²) in [6.45, 7) is 4.21. The minimum atomic E-state index is -0.671. The molecule has 1 atom stereocenters. The molecule has 0 aliphatic rings. The SMILES string of the molecule is CCOC(=O)C(N)c1ccc(CC)cc1. The number of ether oxygens (including phenoxy) is 1. The molecular formula is C12H17NO2. The van der Waals surface area contributed by atoms with Gasteiger partial charge in [-0.25, -0.2) is 4.79 Å². The molecule has 3 nitrogen and oxygen atoms in total. The molecular weight excluding hydrogens is 190 g/mol. The molecule has 15 heavy (non-hydrogen) atoms. The van der Waals surface area contributed by atoms with E-state index in [0.29, 0.717) is 6.61 Å². The van der Waals surface area contributed by atoms with Gasteiger partial charge in [-0.15, -0.1) is 0 Å². The quantitative estimate of drug-likeness (QED) is 0.766. The first-order valence-corrected chi connectivity index (χ1v) is 5.20. The lowest BCUT2D eigenvalue weighted by atomic mass is 10.0. The van der Waals surface area contributed by atoms with Crippen molar-refractivity contribution in [3.63, 3.8) is 0 Å². The van der Waals surface area contributed by atoms with E-state index in [4.69, 9.17) is 10.5 Å². The molecule has 0 fully saturated rings. The molecule has 0 aromatic heterocycles. The Kier molecular flexibility index (Phi) is 4.31. The number of carbonyl (C=O) groups excluding carboxylic acids is 1. The van der Waals surface area contributed by atoms with Crippen LogP contribution < -0.4 is 5.73 Å². The zero-order chi connectivity index (χ0) is 11.3. The van der Waals surface area contributed by atoms with Gasteiger partial charge < -0.3 is 10.5 Å². The molecule has 82 valence electrons. The number of nitrogens with two attached hydrogens (primary N) is 1. The van der Waals surface area contributed by atoms with Gasteiger partial charge in [-0.05, 0) is 24.5 Å². The molecule has 0 aliphatic heterocycles. The highest BCUT2D eigenvalue weighted by Crippen LogP contribution is 2.13. The summed E-state index contributed by atoms with van der Waals surface area (Å²) in [4.78, 5) is 11.4. The van der Waals surface area contributed by atoms with E-state index < -0.39 is 6.04 Å². The Morgan fingerprint density at radius 1 is 1.33 bits per heavy atom. The van der Waals surface area contributed by atoms with Crippen molar-refractivity contribution >= 4 is 5.97 Å². The van der Waals surface area contributed by atoms with Gasteiger partial charge >= 0.3 is 5.97 Å². The number of esters is 1. The maximum absolute atomic E-state index is 11.4. The first kappa shape index (κ1) is 11.7. The molecule has 1 rings (SSSR count). The molecule has 0 spiro atoms. The Morgan fingerprint density at radius 2 is 1.93 bits per heavy atom. The van der Waals surface area contributed by atoms with Gasteiger partial charge in [0.05, 0.1) is 6.61 Å². The first-order valence-electron chi connectivity index (χ1n) is 5.20. The van der Waals surface area contributed by atoms with Crippen LogP contribution in [0.1, 0.15) is 31.0 Å². The van der Waals surface area contributed by atoms with E-state index in [0.717, 1.165) is 12.0 Å². The van der Waals surface area contributed by atoms with Gasteiger partial charge in [0, 0.05) is 0 Å². The van der Waals surface area contributed by atoms with Gasteiger partial charge in [-0.3, -0.25) is 0 Å². The van der Waals surface area contributed by atoms with E-state index in [-0.39, 0.29) is 5.97 Å². The van der Waals surface area contributed by atoms with Gasteiger partial charge in [0.1, 0.15) is 6.04 Å². The smallest absolute Gasteiger partial charge is 0.327 e. The summed E-state index contributed by atoms with van der Waals surface area (Å²) >= 11 is 0. The van der Waals surface area contributed by atoms with Crippen LogP contribution in [0.15, 0.2) is 24.3 Å². The third-order valence-electron chi connectivity index (χ3n) is 2.29. The maximum Gasteiger partial charge on any atom is 0.327 e. The van der Waals surface area contributed by atoms with E-state index in [9.17, 15) is 4.79 Å². The van der Waals surface area contributed by atoms with Crippen LogP contribution in [0.4, 0.5) is 0 Å². The van der Waals surface area contributed by atoms with Crippen LogP contribution >= 0.6 is 0 Å². The second kappa shape index (κ2) is 5.51. The predicted octanol–water partition coefficient (Wildman–Crippen LogP) is 1.81. The molecule has 2 N–H and O–H groups in total. The Morgan fingerprint density at radius 3 is 2.40 bits per heavy atom. The summed E-state index contributed by atoms with van der Waals surface area (Å²) in [5, 5.41) is 0. The summed E-state index contributed by atoms with van der Waals surface area (Å²) in [6.07, 6.45) is 0.981. The summed E-state index contributed by atoms with van der Waals surface area (Å²) in [5.41, 5.74) is 7.77. The molecule has 1 aromatic rings. The molecule has 0 heterocycles. The number of carbonyl (C=O) groups is 1. The van der Waals surface area contributed by atoms with Crippen molar-refractivity contribution in [2.45, 2.75) is 26.3 Å².